The molecule has 0 bridgehead atoms. The number of hydrogen-bond acceptors (Lipinski definition) is 5. The van der Waals surface area contributed by atoms with E-state index in [0.717, 1.165) is 28.3 Å². The maximum absolute atomic E-state index is 13.0. The number of aromatic amines is 1. The number of para-hydroxylation sites is 1. The maximum atomic E-state index is 13.0. The minimum Gasteiger partial charge on any atom is -0.378 e. The van der Waals surface area contributed by atoms with Crippen molar-refractivity contribution in [3.8, 4) is 11.4 Å². The van der Waals surface area contributed by atoms with Crippen LogP contribution in [0, 0.1) is 0 Å². The molecule has 3 heterocycles. The predicted octanol–water partition coefficient (Wildman–Crippen LogP) is 4.22. The first-order valence-corrected chi connectivity index (χ1v) is 10.2. The number of pyridine rings is 1. The Labute approximate surface area is 184 Å². The largest absolute Gasteiger partial charge is 0.378 e. The molecule has 1 amide bonds. The highest BCUT2D eigenvalue weighted by atomic mass is 16.1. The van der Waals surface area contributed by atoms with E-state index in [4.69, 9.17) is 0 Å². The van der Waals surface area contributed by atoms with Crippen LogP contribution < -0.4 is 10.6 Å². The molecule has 0 radical (unpaired) electrons. The van der Waals surface area contributed by atoms with Gasteiger partial charge in [0.05, 0.1) is 12.1 Å². The van der Waals surface area contributed by atoms with E-state index < -0.39 is 0 Å². The number of amides is 1. The number of hydrogen-bond donors (Lipinski definition) is 3. The molecule has 0 aliphatic rings. The van der Waals surface area contributed by atoms with Crippen LogP contribution in [0.5, 0.6) is 0 Å². The molecule has 0 aliphatic heterocycles. The first-order chi connectivity index (χ1) is 15.7. The summed E-state index contributed by atoms with van der Waals surface area (Å²) in [7, 11) is 1.95. The van der Waals surface area contributed by atoms with Crippen molar-refractivity contribution >= 4 is 28.4 Å². The molecule has 0 saturated carbocycles. The van der Waals surface area contributed by atoms with Gasteiger partial charge in [0.1, 0.15) is 11.6 Å². The van der Waals surface area contributed by atoms with E-state index in [-0.39, 0.29) is 5.91 Å². The lowest BCUT2D eigenvalue weighted by atomic mass is 10.1. The third-order valence-electron chi connectivity index (χ3n) is 5.13. The molecule has 0 unspecified atom stereocenters. The summed E-state index contributed by atoms with van der Waals surface area (Å²) < 4.78 is 1.95. The highest BCUT2D eigenvalue weighted by molar-refractivity contribution is 6.05. The molecule has 32 heavy (non-hydrogen) atoms. The molecule has 0 aliphatic carbocycles. The second kappa shape index (κ2) is 8.35. The maximum Gasteiger partial charge on any atom is 0.255 e. The summed E-state index contributed by atoms with van der Waals surface area (Å²) in [5.74, 6) is 1.33. The number of carbonyl (C=O) groups excluding carboxylic acids is 1. The number of nitrogens with zero attached hydrogens (tertiary/aromatic N) is 4. The molecular weight excluding hydrogens is 402 g/mol. The molecule has 0 saturated heterocycles. The highest BCUT2D eigenvalue weighted by Gasteiger charge is 2.13. The van der Waals surface area contributed by atoms with Crippen LogP contribution in [0.4, 0.5) is 11.4 Å². The smallest absolute Gasteiger partial charge is 0.255 e. The SMILES string of the molecule is Cn1ccnc1CNc1cc(C(=O)Nc2ccccc2)cc(-c2nc3ncccc3[nH]2)c1. The summed E-state index contributed by atoms with van der Waals surface area (Å²) in [6.45, 7) is 0.522. The van der Waals surface area contributed by atoms with Crippen molar-refractivity contribution in [2.24, 2.45) is 7.05 Å². The first kappa shape index (κ1) is 19.5. The van der Waals surface area contributed by atoms with Crippen molar-refractivity contribution in [2.75, 3.05) is 10.6 Å². The Kier molecular flexibility index (Phi) is 5.09. The Bertz CT molecular complexity index is 1360. The van der Waals surface area contributed by atoms with Crippen molar-refractivity contribution < 1.29 is 4.79 Å². The van der Waals surface area contributed by atoms with Crippen LogP contribution in [0.3, 0.4) is 0 Å². The molecule has 2 aromatic carbocycles. The van der Waals surface area contributed by atoms with E-state index in [9.17, 15) is 4.79 Å². The fourth-order valence-electron chi connectivity index (χ4n) is 3.45. The lowest BCUT2D eigenvalue weighted by Gasteiger charge is -2.12. The Morgan fingerprint density at radius 3 is 2.66 bits per heavy atom. The Morgan fingerprint density at radius 2 is 1.88 bits per heavy atom. The number of fused-ring (bicyclic) bond motifs is 1. The number of aromatic nitrogens is 5. The van der Waals surface area contributed by atoms with Crippen LogP contribution in [0.25, 0.3) is 22.6 Å². The zero-order valence-corrected chi connectivity index (χ0v) is 17.4. The number of rotatable bonds is 6. The summed E-state index contributed by atoms with van der Waals surface area (Å²) in [5.41, 5.74) is 4.29. The van der Waals surface area contributed by atoms with Gasteiger partial charge in [-0.3, -0.25) is 4.79 Å². The lowest BCUT2D eigenvalue weighted by Crippen LogP contribution is -2.13. The summed E-state index contributed by atoms with van der Waals surface area (Å²) in [6, 6.07) is 18.8. The molecule has 5 rings (SSSR count). The number of benzene rings is 2. The Hall–Kier alpha value is -4.46. The Morgan fingerprint density at radius 1 is 1.00 bits per heavy atom. The van der Waals surface area contributed by atoms with Crippen LogP contribution in [-0.2, 0) is 13.6 Å². The van der Waals surface area contributed by atoms with E-state index in [1.807, 2.05) is 78.5 Å². The van der Waals surface area contributed by atoms with Gasteiger partial charge < -0.3 is 20.2 Å². The van der Waals surface area contributed by atoms with Gasteiger partial charge in [-0.05, 0) is 42.5 Å². The van der Waals surface area contributed by atoms with E-state index in [2.05, 4.69) is 30.6 Å². The third-order valence-corrected chi connectivity index (χ3v) is 5.13. The highest BCUT2D eigenvalue weighted by Crippen LogP contribution is 2.25. The molecule has 8 nitrogen and oxygen atoms in total. The number of aryl methyl sites for hydroxylation is 1. The summed E-state index contributed by atoms with van der Waals surface area (Å²) in [4.78, 5) is 29.5. The summed E-state index contributed by atoms with van der Waals surface area (Å²) >= 11 is 0. The molecule has 0 spiro atoms. The van der Waals surface area contributed by atoms with Gasteiger partial charge in [-0.1, -0.05) is 18.2 Å². The number of nitrogens with one attached hydrogen (secondary N) is 3. The van der Waals surface area contributed by atoms with Gasteiger partial charge in [0, 0.05) is 48.1 Å². The Balaban J connectivity index is 1.50. The van der Waals surface area contributed by atoms with Crippen LogP contribution in [0.15, 0.2) is 79.3 Å². The molecule has 158 valence electrons. The number of H-pyrrole nitrogens is 1. The number of carbonyl (C=O) groups is 1. The molecule has 0 atom stereocenters. The minimum absolute atomic E-state index is 0.202. The van der Waals surface area contributed by atoms with Crippen LogP contribution in [0.1, 0.15) is 16.2 Å². The average molecular weight is 423 g/mol. The molecular formula is C24H21N7O. The summed E-state index contributed by atoms with van der Waals surface area (Å²) in [6.07, 6.45) is 5.36. The molecule has 3 N–H and O–H groups in total. The average Bonchev–Trinajstić information content (AvgIpc) is 3.44. The van der Waals surface area contributed by atoms with Gasteiger partial charge in [0.2, 0.25) is 0 Å². The number of imidazole rings is 2. The molecule has 0 fully saturated rings. The summed E-state index contributed by atoms with van der Waals surface area (Å²) in [5, 5.41) is 6.31. The second-order valence-electron chi connectivity index (χ2n) is 7.39. The predicted molar refractivity (Wildman–Crippen MR) is 124 cm³/mol. The minimum atomic E-state index is -0.202. The normalized spacial score (nSPS) is 10.9. The zero-order chi connectivity index (χ0) is 21.9. The molecule has 8 heteroatoms. The lowest BCUT2D eigenvalue weighted by molar-refractivity contribution is 0.102. The number of anilines is 2. The van der Waals surface area contributed by atoms with Crippen molar-refractivity contribution in [3.05, 3.63) is 90.6 Å². The van der Waals surface area contributed by atoms with Crippen molar-refractivity contribution in [3.63, 3.8) is 0 Å². The van der Waals surface area contributed by atoms with Crippen molar-refractivity contribution in [1.82, 2.24) is 24.5 Å². The van der Waals surface area contributed by atoms with Crippen molar-refractivity contribution in [1.29, 1.82) is 0 Å². The topological polar surface area (TPSA) is 101 Å². The van der Waals surface area contributed by atoms with Gasteiger partial charge in [0.15, 0.2) is 5.65 Å². The van der Waals surface area contributed by atoms with E-state index in [1.54, 1.807) is 12.4 Å². The van der Waals surface area contributed by atoms with Gasteiger partial charge >= 0.3 is 0 Å². The quantitative estimate of drug-likeness (QED) is 0.380. The van der Waals surface area contributed by atoms with Gasteiger partial charge in [0.25, 0.3) is 5.91 Å². The monoisotopic (exact) mass is 423 g/mol. The fraction of sp³-hybridized carbons (Fsp3) is 0.0833. The van der Waals surface area contributed by atoms with Gasteiger partial charge in [-0.25, -0.2) is 15.0 Å². The van der Waals surface area contributed by atoms with Crippen LogP contribution >= 0.6 is 0 Å². The molecule has 3 aromatic heterocycles. The van der Waals surface area contributed by atoms with E-state index in [0.29, 0.717) is 23.6 Å². The molecule has 5 aromatic rings. The standard InChI is InChI=1S/C24H21N7O/c1-31-11-10-25-21(31)15-27-19-13-16(22-29-20-8-5-9-26-23(20)30-22)12-17(14-19)24(32)28-18-6-3-2-4-7-18/h2-14,27H,15H2,1H3,(H,28,32)(H,26,29,30). The van der Waals surface area contributed by atoms with E-state index in [1.165, 1.54) is 0 Å². The third kappa shape index (κ3) is 4.06. The second-order valence-corrected chi connectivity index (χ2v) is 7.39. The van der Waals surface area contributed by atoms with Crippen molar-refractivity contribution in [2.45, 2.75) is 6.54 Å². The first-order valence-electron chi connectivity index (χ1n) is 10.2. The van der Waals surface area contributed by atoms with Crippen LogP contribution in [-0.4, -0.2) is 30.4 Å². The van der Waals surface area contributed by atoms with E-state index >= 15 is 0 Å². The fourth-order valence-corrected chi connectivity index (χ4v) is 3.45. The van der Waals surface area contributed by atoms with Gasteiger partial charge in [-0.2, -0.15) is 0 Å². The zero-order valence-electron chi connectivity index (χ0n) is 17.4. The van der Waals surface area contributed by atoms with Crippen LogP contribution in [0.2, 0.25) is 0 Å². The van der Waals surface area contributed by atoms with Gasteiger partial charge in [-0.15, -0.1) is 0 Å².